The van der Waals surface area contributed by atoms with E-state index >= 15 is 0 Å². The molecule has 0 radical (unpaired) electrons. The molecule has 2 N–H and O–H groups in total. The molecule has 2 heterocycles. The summed E-state index contributed by atoms with van der Waals surface area (Å²) < 4.78 is 4.49. The number of fused-ring (bicyclic) bond motifs is 4. The molecule has 0 saturated heterocycles. The third-order valence-electron chi connectivity index (χ3n) is 6.78. The minimum atomic E-state index is 0.459. The lowest BCUT2D eigenvalue weighted by atomic mass is 10.00. The predicted molar refractivity (Wildman–Crippen MR) is 157 cm³/mol. The number of allylic oxidation sites excluding steroid dienone is 1. The zero-order valence-corrected chi connectivity index (χ0v) is 20.9. The molecule has 0 unspecified atom stereocenters. The van der Waals surface area contributed by atoms with E-state index in [9.17, 15) is 0 Å². The fourth-order valence-corrected chi connectivity index (χ4v) is 5.19. The van der Waals surface area contributed by atoms with Crippen LogP contribution in [-0.2, 0) is 6.67 Å². The van der Waals surface area contributed by atoms with Crippen LogP contribution in [0.25, 0.3) is 55.6 Å². The molecule has 0 aliphatic carbocycles. The second-order valence-corrected chi connectivity index (χ2v) is 8.87. The van der Waals surface area contributed by atoms with Crippen molar-refractivity contribution in [3.05, 3.63) is 121 Å². The predicted octanol–water partition coefficient (Wildman–Crippen LogP) is 8.47. The summed E-state index contributed by atoms with van der Waals surface area (Å²) in [5.74, 6) is 0. The Kier molecular flexibility index (Phi) is 6.32. The van der Waals surface area contributed by atoms with Gasteiger partial charge in [-0.3, -0.25) is 0 Å². The van der Waals surface area contributed by atoms with E-state index in [2.05, 4.69) is 120 Å². The summed E-state index contributed by atoms with van der Waals surface area (Å²) in [5.41, 5.74) is 15.5. The van der Waals surface area contributed by atoms with Crippen molar-refractivity contribution in [2.75, 3.05) is 0 Å². The van der Waals surface area contributed by atoms with Crippen LogP contribution in [0, 0.1) is 6.92 Å². The number of nitrogens with two attached hydrogens (primary N) is 1. The van der Waals surface area contributed by atoms with Crippen molar-refractivity contribution in [2.45, 2.75) is 20.5 Å². The normalized spacial score (nSPS) is 11.0. The maximum Gasteiger partial charge on any atom is 0.0703 e. The second-order valence-electron chi connectivity index (χ2n) is 8.87. The summed E-state index contributed by atoms with van der Waals surface area (Å²) in [4.78, 5) is 0. The van der Waals surface area contributed by atoms with Crippen molar-refractivity contribution in [1.29, 1.82) is 0 Å². The molecule has 4 aromatic carbocycles. The van der Waals surface area contributed by atoms with E-state index < -0.39 is 0 Å². The molecule has 0 saturated carbocycles. The Morgan fingerprint density at radius 2 is 1.31 bits per heavy atom. The standard InChI is InChI=1S/C30H25N3.C3H6/c1-3-24-20(2)32(19-31)28-15-13-21(17-26(24)28)22-14-16-30-27(18-22)25-11-7-8-12-29(25)33(30)23-9-5-4-6-10-23;1-3-2/h3-18H,1,19,31H2,2H3;3H,1H2,2H3. The van der Waals surface area contributed by atoms with Gasteiger partial charge in [-0.1, -0.05) is 67.3 Å². The highest BCUT2D eigenvalue weighted by molar-refractivity contribution is 6.10. The number of hydrogen-bond acceptors (Lipinski definition) is 1. The number of para-hydroxylation sites is 2. The van der Waals surface area contributed by atoms with Crippen LogP contribution in [0.1, 0.15) is 18.2 Å². The number of rotatable bonds is 4. The van der Waals surface area contributed by atoms with E-state index in [-0.39, 0.29) is 0 Å². The molecule has 0 aliphatic heterocycles. The molecule has 0 fully saturated rings. The molecule has 6 aromatic rings. The van der Waals surface area contributed by atoms with Crippen LogP contribution < -0.4 is 5.73 Å². The van der Waals surface area contributed by atoms with E-state index in [1.165, 1.54) is 44.0 Å². The molecule has 6 rings (SSSR count). The molecule has 2 aromatic heterocycles. The highest BCUT2D eigenvalue weighted by atomic mass is 15.0. The van der Waals surface area contributed by atoms with Gasteiger partial charge in [-0.15, -0.1) is 6.58 Å². The molecule has 3 heteroatoms. The van der Waals surface area contributed by atoms with Crippen LogP contribution in [0.2, 0.25) is 0 Å². The number of hydrogen-bond donors (Lipinski definition) is 1. The Morgan fingerprint density at radius 1 is 0.722 bits per heavy atom. The number of nitrogens with zero attached hydrogens (tertiary/aromatic N) is 2. The molecular weight excluding hydrogens is 438 g/mol. The van der Waals surface area contributed by atoms with Crippen LogP contribution in [0.4, 0.5) is 0 Å². The largest absolute Gasteiger partial charge is 0.331 e. The maximum atomic E-state index is 6.03. The smallest absolute Gasteiger partial charge is 0.0703 e. The average molecular weight is 470 g/mol. The Bertz CT molecular complexity index is 1710. The Hall–Kier alpha value is -4.34. The first-order valence-electron chi connectivity index (χ1n) is 12.2. The SMILES string of the molecule is C=CC.C=Cc1c(C)n(CN)c2ccc(-c3ccc4c(c3)c3ccccc3n4-c3ccccc3)cc12. The molecule has 0 amide bonds. The number of aromatic nitrogens is 2. The summed E-state index contributed by atoms with van der Waals surface area (Å²) in [6.07, 6.45) is 3.68. The van der Waals surface area contributed by atoms with Gasteiger partial charge in [0.1, 0.15) is 0 Å². The maximum absolute atomic E-state index is 6.03. The van der Waals surface area contributed by atoms with E-state index in [1.807, 2.05) is 13.0 Å². The first-order valence-corrected chi connectivity index (χ1v) is 12.2. The van der Waals surface area contributed by atoms with Gasteiger partial charge in [-0.25, -0.2) is 0 Å². The molecule has 3 nitrogen and oxygen atoms in total. The van der Waals surface area contributed by atoms with Crippen molar-refractivity contribution in [3.63, 3.8) is 0 Å². The third kappa shape index (κ3) is 3.74. The lowest BCUT2D eigenvalue weighted by Crippen LogP contribution is -2.08. The molecular formula is C33H31N3. The first-order chi connectivity index (χ1) is 17.6. The summed E-state index contributed by atoms with van der Waals surface area (Å²) in [6, 6.07) is 32.6. The van der Waals surface area contributed by atoms with Crippen molar-refractivity contribution in [3.8, 4) is 16.8 Å². The summed E-state index contributed by atoms with van der Waals surface area (Å²) in [6.45, 7) is 11.9. The molecule has 36 heavy (non-hydrogen) atoms. The molecule has 0 bridgehead atoms. The van der Waals surface area contributed by atoms with Crippen LogP contribution in [-0.4, -0.2) is 9.13 Å². The minimum absolute atomic E-state index is 0.459. The van der Waals surface area contributed by atoms with Crippen molar-refractivity contribution >= 4 is 38.8 Å². The zero-order valence-electron chi connectivity index (χ0n) is 20.9. The molecule has 0 aliphatic rings. The summed E-state index contributed by atoms with van der Waals surface area (Å²) >= 11 is 0. The van der Waals surface area contributed by atoms with E-state index in [0.29, 0.717) is 6.67 Å². The van der Waals surface area contributed by atoms with Gasteiger partial charge in [-0.2, -0.15) is 0 Å². The fourth-order valence-electron chi connectivity index (χ4n) is 5.19. The van der Waals surface area contributed by atoms with Gasteiger partial charge in [-0.05, 0) is 67.4 Å². The Morgan fingerprint density at radius 3 is 1.97 bits per heavy atom. The summed E-state index contributed by atoms with van der Waals surface area (Å²) in [5, 5.41) is 3.71. The molecule has 0 spiro atoms. The first kappa shape index (κ1) is 23.4. The average Bonchev–Trinajstić information content (AvgIpc) is 3.39. The monoisotopic (exact) mass is 469 g/mol. The van der Waals surface area contributed by atoms with Crippen molar-refractivity contribution in [1.82, 2.24) is 9.13 Å². The van der Waals surface area contributed by atoms with E-state index in [0.717, 1.165) is 16.8 Å². The number of benzene rings is 4. The third-order valence-corrected chi connectivity index (χ3v) is 6.78. The molecule has 0 atom stereocenters. The van der Waals surface area contributed by atoms with Crippen LogP contribution in [0.3, 0.4) is 0 Å². The Labute approximate surface area is 212 Å². The lowest BCUT2D eigenvalue weighted by molar-refractivity contribution is 0.739. The lowest BCUT2D eigenvalue weighted by Gasteiger charge is -2.08. The van der Waals surface area contributed by atoms with Crippen LogP contribution in [0.5, 0.6) is 0 Å². The van der Waals surface area contributed by atoms with Crippen molar-refractivity contribution in [2.24, 2.45) is 5.73 Å². The Balaban J connectivity index is 0.000000848. The highest BCUT2D eigenvalue weighted by Crippen LogP contribution is 2.36. The molecule has 178 valence electrons. The quantitative estimate of drug-likeness (QED) is 0.258. The minimum Gasteiger partial charge on any atom is -0.331 e. The zero-order chi connectivity index (χ0) is 25.2. The fraction of sp³-hybridized carbons (Fsp3) is 0.0909. The van der Waals surface area contributed by atoms with Gasteiger partial charge < -0.3 is 14.9 Å². The van der Waals surface area contributed by atoms with Crippen LogP contribution >= 0.6 is 0 Å². The van der Waals surface area contributed by atoms with E-state index in [1.54, 1.807) is 6.08 Å². The van der Waals surface area contributed by atoms with Crippen LogP contribution in [0.15, 0.2) is 110 Å². The highest BCUT2D eigenvalue weighted by Gasteiger charge is 2.15. The summed E-state index contributed by atoms with van der Waals surface area (Å²) in [7, 11) is 0. The van der Waals surface area contributed by atoms with Gasteiger partial charge in [0, 0.05) is 38.6 Å². The van der Waals surface area contributed by atoms with Gasteiger partial charge in [0.2, 0.25) is 0 Å². The second kappa shape index (κ2) is 9.73. The van der Waals surface area contributed by atoms with Gasteiger partial charge in [0.05, 0.1) is 17.7 Å². The van der Waals surface area contributed by atoms with Gasteiger partial charge in [0.15, 0.2) is 0 Å². The van der Waals surface area contributed by atoms with E-state index in [4.69, 9.17) is 5.73 Å². The topological polar surface area (TPSA) is 35.9 Å². The van der Waals surface area contributed by atoms with Gasteiger partial charge >= 0.3 is 0 Å². The van der Waals surface area contributed by atoms with Crippen molar-refractivity contribution < 1.29 is 0 Å². The van der Waals surface area contributed by atoms with Gasteiger partial charge in [0.25, 0.3) is 0 Å².